The number of aromatic hydroxyl groups is 1. The molecule has 0 radical (unpaired) electrons. The van der Waals surface area contributed by atoms with Crippen LogP contribution in [-0.4, -0.2) is 10.2 Å². The highest BCUT2D eigenvalue weighted by molar-refractivity contribution is 8.02. The Morgan fingerprint density at radius 1 is 1.00 bits per heavy atom. The van der Waals surface area contributed by atoms with Crippen molar-refractivity contribution in [3.05, 3.63) is 54.1 Å². The van der Waals surface area contributed by atoms with Crippen molar-refractivity contribution < 1.29 is 5.11 Å². The molecule has 4 heteroatoms. The van der Waals surface area contributed by atoms with Crippen molar-refractivity contribution in [2.24, 2.45) is 4.99 Å². The summed E-state index contributed by atoms with van der Waals surface area (Å²) in [5.41, 5.74) is 1.49. The van der Waals surface area contributed by atoms with Crippen LogP contribution in [0.5, 0.6) is 5.75 Å². The first-order chi connectivity index (χ1) is 8.27. The number of hydrogen-bond donors (Lipinski definition) is 2. The van der Waals surface area contributed by atoms with Crippen molar-refractivity contribution in [3.8, 4) is 5.75 Å². The molecule has 3 rings (SSSR count). The van der Waals surface area contributed by atoms with Crippen molar-refractivity contribution in [3.63, 3.8) is 0 Å². The maximum atomic E-state index is 9.73. The lowest BCUT2D eigenvalue weighted by molar-refractivity contribution is 0.475. The van der Waals surface area contributed by atoms with Gasteiger partial charge >= 0.3 is 0 Å². The van der Waals surface area contributed by atoms with E-state index in [-0.39, 0.29) is 5.75 Å². The molecule has 0 saturated heterocycles. The van der Waals surface area contributed by atoms with E-state index in [0.717, 1.165) is 15.5 Å². The number of rotatable bonds is 1. The van der Waals surface area contributed by atoms with E-state index in [1.807, 2.05) is 36.4 Å². The van der Waals surface area contributed by atoms with Gasteiger partial charge in [0.25, 0.3) is 0 Å². The topological polar surface area (TPSA) is 56.4 Å². The van der Waals surface area contributed by atoms with Crippen LogP contribution in [0.4, 0.5) is 5.69 Å². The lowest BCUT2D eigenvalue weighted by Gasteiger charge is -2.02. The molecule has 0 spiro atoms. The van der Waals surface area contributed by atoms with E-state index in [1.165, 1.54) is 0 Å². The van der Waals surface area contributed by atoms with Crippen molar-refractivity contribution in [2.45, 2.75) is 4.90 Å². The van der Waals surface area contributed by atoms with Gasteiger partial charge in [-0.05, 0) is 22.8 Å². The van der Waals surface area contributed by atoms with Gasteiger partial charge in [0, 0.05) is 5.56 Å². The lowest BCUT2D eigenvalue weighted by Crippen LogP contribution is -2.02. The second kappa shape index (κ2) is 3.82. The fourth-order valence-corrected chi connectivity index (χ4v) is 3.12. The van der Waals surface area contributed by atoms with Gasteiger partial charge in [-0.15, -0.1) is 0 Å². The Balaban J connectivity index is 2.16. The summed E-state index contributed by atoms with van der Waals surface area (Å²) in [4.78, 5) is 5.19. The fraction of sp³-hybridized carbons (Fsp3) is 0. The molecule has 0 fully saturated rings. The number of fused-ring (bicyclic) bond motifs is 1. The Kier molecular flexibility index (Phi) is 2.30. The molecule has 3 nitrogen and oxygen atoms in total. The molecule has 1 unspecified atom stereocenters. The second-order valence-electron chi connectivity index (χ2n) is 3.71. The first-order valence-electron chi connectivity index (χ1n) is 5.19. The van der Waals surface area contributed by atoms with Crippen molar-refractivity contribution in [2.75, 3.05) is 0 Å². The first kappa shape index (κ1) is 10.2. The third-order valence-corrected chi connectivity index (χ3v) is 4.11. The Hall–Kier alpha value is -1.94. The van der Waals surface area contributed by atoms with E-state index in [0.29, 0.717) is 5.69 Å². The SMILES string of the molecule is N=S1C(c2ccccc2)=Nc2c(O)cccc21. The summed E-state index contributed by atoms with van der Waals surface area (Å²) < 4.78 is 8.19. The van der Waals surface area contributed by atoms with E-state index in [1.54, 1.807) is 12.1 Å². The maximum absolute atomic E-state index is 9.73. The van der Waals surface area contributed by atoms with Crippen LogP contribution in [-0.2, 0) is 10.7 Å². The zero-order valence-electron chi connectivity index (χ0n) is 8.92. The molecule has 0 amide bonds. The van der Waals surface area contributed by atoms with E-state index in [9.17, 15) is 5.11 Å². The minimum absolute atomic E-state index is 0.151. The average molecular weight is 242 g/mol. The highest BCUT2D eigenvalue weighted by Crippen LogP contribution is 2.39. The van der Waals surface area contributed by atoms with Crippen LogP contribution in [0.25, 0.3) is 0 Å². The van der Waals surface area contributed by atoms with Crippen LogP contribution in [0.15, 0.2) is 58.4 Å². The minimum Gasteiger partial charge on any atom is -0.506 e. The maximum Gasteiger partial charge on any atom is 0.142 e. The summed E-state index contributed by atoms with van der Waals surface area (Å²) in [5.74, 6) is 0.151. The average Bonchev–Trinajstić information content (AvgIpc) is 2.70. The zero-order chi connectivity index (χ0) is 11.8. The van der Waals surface area contributed by atoms with Gasteiger partial charge in [-0.1, -0.05) is 36.4 Å². The Morgan fingerprint density at radius 2 is 1.76 bits per heavy atom. The van der Waals surface area contributed by atoms with Gasteiger partial charge in [0.05, 0.1) is 4.90 Å². The van der Waals surface area contributed by atoms with Gasteiger partial charge in [-0.2, -0.15) is 0 Å². The largest absolute Gasteiger partial charge is 0.506 e. The fourth-order valence-electron chi connectivity index (χ4n) is 1.80. The number of hydrogen-bond acceptors (Lipinski definition) is 3. The van der Waals surface area contributed by atoms with Crippen molar-refractivity contribution in [1.29, 1.82) is 4.78 Å². The van der Waals surface area contributed by atoms with E-state index < -0.39 is 10.7 Å². The van der Waals surface area contributed by atoms with Gasteiger partial charge < -0.3 is 5.11 Å². The summed E-state index contributed by atoms with van der Waals surface area (Å²) in [5, 5.41) is 10.5. The monoisotopic (exact) mass is 242 g/mol. The molecular weight excluding hydrogens is 232 g/mol. The molecule has 2 N–H and O–H groups in total. The summed E-state index contributed by atoms with van der Waals surface area (Å²) in [6, 6.07) is 14.9. The Labute approximate surface area is 101 Å². The van der Waals surface area contributed by atoms with Crippen molar-refractivity contribution in [1.82, 2.24) is 0 Å². The molecule has 84 valence electrons. The third kappa shape index (κ3) is 1.57. The molecule has 1 atom stereocenters. The summed E-state index contributed by atoms with van der Waals surface area (Å²) in [7, 11) is -0.807. The highest BCUT2D eigenvalue weighted by Gasteiger charge is 2.23. The summed E-state index contributed by atoms with van der Waals surface area (Å²) >= 11 is 0. The molecule has 0 bridgehead atoms. The standard InChI is InChI=1S/C13H10N2OS/c14-17-11-8-4-7-10(16)12(11)15-13(17)9-5-2-1-3-6-9/h1-8,14,16H. The van der Waals surface area contributed by atoms with Crippen LogP contribution in [0.1, 0.15) is 5.56 Å². The normalized spacial score (nSPS) is 17.6. The summed E-state index contributed by atoms with van der Waals surface area (Å²) in [6.07, 6.45) is 0. The third-order valence-electron chi connectivity index (χ3n) is 2.63. The number of nitrogens with one attached hydrogen (secondary N) is 1. The van der Waals surface area contributed by atoms with Crippen molar-refractivity contribution >= 4 is 21.4 Å². The molecule has 2 aromatic rings. The number of benzene rings is 2. The van der Waals surface area contributed by atoms with Gasteiger partial charge in [-0.25, -0.2) is 4.99 Å². The van der Waals surface area contributed by atoms with Crippen LogP contribution in [0.2, 0.25) is 0 Å². The molecule has 1 aliphatic heterocycles. The lowest BCUT2D eigenvalue weighted by atomic mass is 10.2. The van der Waals surface area contributed by atoms with Gasteiger partial charge in [0.15, 0.2) is 0 Å². The molecule has 0 aliphatic carbocycles. The van der Waals surface area contributed by atoms with Crippen LogP contribution >= 0.6 is 0 Å². The number of para-hydroxylation sites is 1. The molecule has 2 aromatic carbocycles. The van der Waals surface area contributed by atoms with E-state index >= 15 is 0 Å². The number of phenolic OH excluding ortho intramolecular Hbond substituents is 1. The summed E-state index contributed by atoms with van der Waals surface area (Å²) in [6.45, 7) is 0. The number of aliphatic imine (C=N–C) groups is 1. The Bertz CT molecular complexity index is 635. The van der Waals surface area contributed by atoms with Crippen LogP contribution < -0.4 is 0 Å². The molecular formula is C13H10N2OS. The predicted octanol–water partition coefficient (Wildman–Crippen LogP) is 3.22. The first-order valence-corrected chi connectivity index (χ1v) is 6.41. The molecule has 0 aromatic heterocycles. The smallest absolute Gasteiger partial charge is 0.142 e. The predicted molar refractivity (Wildman–Crippen MR) is 69.1 cm³/mol. The quantitative estimate of drug-likeness (QED) is 0.792. The Morgan fingerprint density at radius 3 is 2.47 bits per heavy atom. The molecule has 1 aliphatic rings. The van der Waals surface area contributed by atoms with E-state index in [4.69, 9.17) is 4.78 Å². The van der Waals surface area contributed by atoms with Crippen LogP contribution in [0, 0.1) is 4.78 Å². The molecule has 1 heterocycles. The van der Waals surface area contributed by atoms with Crippen LogP contribution in [0.3, 0.4) is 0 Å². The molecule has 0 saturated carbocycles. The van der Waals surface area contributed by atoms with Gasteiger partial charge in [0.2, 0.25) is 0 Å². The second-order valence-corrected chi connectivity index (χ2v) is 5.15. The highest BCUT2D eigenvalue weighted by atomic mass is 32.2. The van der Waals surface area contributed by atoms with Gasteiger partial charge in [0.1, 0.15) is 16.5 Å². The van der Waals surface area contributed by atoms with Gasteiger partial charge in [-0.3, -0.25) is 4.78 Å². The minimum atomic E-state index is -0.807. The van der Waals surface area contributed by atoms with E-state index in [2.05, 4.69) is 4.99 Å². The zero-order valence-corrected chi connectivity index (χ0v) is 9.74. The number of nitrogens with zero attached hydrogens (tertiary/aromatic N) is 1. The molecule has 17 heavy (non-hydrogen) atoms. The number of phenols is 1.